The van der Waals surface area contributed by atoms with Crippen molar-refractivity contribution in [2.45, 2.75) is 45.1 Å². The highest BCUT2D eigenvalue weighted by Gasteiger charge is 2.51. The van der Waals surface area contributed by atoms with Gasteiger partial charge in [-0.25, -0.2) is 0 Å². The van der Waals surface area contributed by atoms with Gasteiger partial charge >= 0.3 is 5.97 Å². The molecule has 4 bridgehead atoms. The maximum atomic E-state index is 12.9. The van der Waals surface area contributed by atoms with Gasteiger partial charge in [0, 0.05) is 5.56 Å². The zero-order valence-electron chi connectivity index (χ0n) is 16.3. The summed E-state index contributed by atoms with van der Waals surface area (Å²) in [4.78, 5) is 12.9. The number of carbonyl (C=O) groups is 1. The summed E-state index contributed by atoms with van der Waals surface area (Å²) >= 11 is 0. The smallest absolute Gasteiger partial charge is 0.310 e. The van der Waals surface area contributed by atoms with Crippen LogP contribution in [0.5, 0.6) is 5.75 Å². The van der Waals surface area contributed by atoms with Gasteiger partial charge in [0.1, 0.15) is 5.75 Å². The van der Waals surface area contributed by atoms with E-state index in [1.165, 1.54) is 32.1 Å². The van der Waals surface area contributed by atoms with Gasteiger partial charge in [0.25, 0.3) is 5.89 Å². The lowest BCUT2D eigenvalue weighted by atomic mass is 9.52. The van der Waals surface area contributed by atoms with Crippen molar-refractivity contribution in [3.05, 3.63) is 30.2 Å². The van der Waals surface area contributed by atoms with Crippen molar-refractivity contribution in [3.63, 3.8) is 0 Å². The number of rotatable bonds is 5. The molecule has 6 rings (SSSR count). The topological polar surface area (TPSA) is 74.5 Å². The van der Waals surface area contributed by atoms with E-state index < -0.39 is 6.10 Å². The average Bonchev–Trinajstić information content (AvgIpc) is 3.17. The third kappa shape index (κ3) is 3.09. The Kier molecular flexibility index (Phi) is 4.37. The largest absolute Gasteiger partial charge is 0.497 e. The zero-order chi connectivity index (χ0) is 19.3. The molecular formula is C22H26N2O4. The number of hydrogen-bond acceptors (Lipinski definition) is 6. The first kappa shape index (κ1) is 17.7. The van der Waals surface area contributed by atoms with Crippen molar-refractivity contribution in [2.75, 3.05) is 7.11 Å². The van der Waals surface area contributed by atoms with Crippen LogP contribution in [-0.2, 0) is 9.53 Å². The van der Waals surface area contributed by atoms with E-state index in [0.29, 0.717) is 23.6 Å². The number of ether oxygens (including phenoxy) is 2. The molecule has 2 aromatic rings. The molecule has 4 saturated carbocycles. The molecule has 0 N–H and O–H groups in total. The second-order valence-electron chi connectivity index (χ2n) is 8.71. The highest BCUT2D eigenvalue weighted by Crippen LogP contribution is 2.56. The minimum atomic E-state index is -0.538. The Balaban J connectivity index is 1.26. The molecule has 0 radical (unpaired) electrons. The van der Waals surface area contributed by atoms with Crippen LogP contribution >= 0.6 is 0 Å². The molecule has 0 aliphatic heterocycles. The fraction of sp³-hybridized carbons (Fsp3) is 0.591. The Hall–Kier alpha value is -2.37. The van der Waals surface area contributed by atoms with E-state index in [1.807, 2.05) is 24.3 Å². The average molecular weight is 382 g/mol. The normalized spacial score (nSPS) is 31.6. The van der Waals surface area contributed by atoms with Crippen LogP contribution in [0.2, 0.25) is 0 Å². The molecule has 6 nitrogen and oxygen atoms in total. The maximum absolute atomic E-state index is 12.9. The number of esters is 1. The third-order valence-corrected chi connectivity index (χ3v) is 6.92. The number of hydrogen-bond donors (Lipinski definition) is 0. The Bertz CT molecular complexity index is 832. The van der Waals surface area contributed by atoms with E-state index in [2.05, 4.69) is 10.2 Å². The number of benzene rings is 1. The molecule has 0 amide bonds. The third-order valence-electron chi connectivity index (χ3n) is 6.92. The van der Waals surface area contributed by atoms with Crippen molar-refractivity contribution in [3.8, 4) is 17.2 Å². The van der Waals surface area contributed by atoms with E-state index in [4.69, 9.17) is 13.9 Å². The van der Waals surface area contributed by atoms with Crippen LogP contribution in [0.1, 0.15) is 51.0 Å². The van der Waals surface area contributed by atoms with E-state index in [0.717, 1.165) is 23.1 Å². The molecule has 0 unspecified atom stereocenters. The number of carbonyl (C=O) groups excluding carboxylic acids is 1. The summed E-state index contributed by atoms with van der Waals surface area (Å²) in [5.74, 6) is 4.19. The van der Waals surface area contributed by atoms with Crippen LogP contribution < -0.4 is 4.74 Å². The SMILES string of the molecule is COc1ccc(-c2nnc([C@@H](C)OC(=O)C3C4CC5CC(C4)CC3C5)o2)cc1. The molecule has 1 aromatic heterocycles. The fourth-order valence-corrected chi connectivity index (χ4v) is 5.86. The Labute approximate surface area is 164 Å². The highest BCUT2D eigenvalue weighted by molar-refractivity contribution is 5.74. The summed E-state index contributed by atoms with van der Waals surface area (Å²) in [5.41, 5.74) is 0.805. The van der Waals surface area contributed by atoms with E-state index in [9.17, 15) is 4.79 Å². The molecule has 6 heteroatoms. The van der Waals surface area contributed by atoms with E-state index >= 15 is 0 Å². The quantitative estimate of drug-likeness (QED) is 0.713. The molecule has 4 fully saturated rings. The molecule has 4 aliphatic carbocycles. The molecule has 28 heavy (non-hydrogen) atoms. The second kappa shape index (κ2) is 6.90. The van der Waals surface area contributed by atoms with Crippen molar-refractivity contribution in [1.82, 2.24) is 10.2 Å². The molecular weight excluding hydrogens is 356 g/mol. The summed E-state index contributed by atoms with van der Waals surface area (Å²) in [6.07, 6.45) is 5.63. The van der Waals surface area contributed by atoms with Crippen molar-refractivity contribution >= 4 is 5.97 Å². The minimum absolute atomic E-state index is 0.0548. The molecule has 0 spiro atoms. The van der Waals surface area contributed by atoms with Crippen LogP contribution in [0.15, 0.2) is 28.7 Å². The lowest BCUT2D eigenvalue weighted by molar-refractivity contribution is -0.168. The maximum Gasteiger partial charge on any atom is 0.310 e. The molecule has 148 valence electrons. The van der Waals surface area contributed by atoms with Gasteiger partial charge in [0.05, 0.1) is 13.0 Å². The van der Waals surface area contributed by atoms with Gasteiger partial charge < -0.3 is 13.9 Å². The minimum Gasteiger partial charge on any atom is -0.497 e. The summed E-state index contributed by atoms with van der Waals surface area (Å²) in [6.45, 7) is 1.80. The zero-order valence-corrected chi connectivity index (χ0v) is 16.3. The van der Waals surface area contributed by atoms with Crippen LogP contribution in [0, 0.1) is 29.6 Å². The molecule has 1 aromatic carbocycles. The van der Waals surface area contributed by atoms with E-state index in [-0.39, 0.29) is 11.9 Å². The summed E-state index contributed by atoms with van der Waals surface area (Å²) < 4.78 is 16.7. The van der Waals surface area contributed by atoms with Gasteiger partial charge in [-0.1, -0.05) is 0 Å². The lowest BCUT2D eigenvalue weighted by Crippen LogP contribution is -2.48. The van der Waals surface area contributed by atoms with Crippen molar-refractivity contribution < 1.29 is 18.7 Å². The van der Waals surface area contributed by atoms with Crippen LogP contribution in [-0.4, -0.2) is 23.3 Å². The first-order valence-corrected chi connectivity index (χ1v) is 10.3. The Morgan fingerprint density at radius 1 is 1.04 bits per heavy atom. The van der Waals surface area contributed by atoms with Crippen molar-refractivity contribution in [2.24, 2.45) is 29.6 Å². The predicted octanol–water partition coefficient (Wildman–Crippen LogP) is 4.42. The van der Waals surface area contributed by atoms with Crippen LogP contribution in [0.3, 0.4) is 0 Å². The Morgan fingerprint density at radius 2 is 1.68 bits per heavy atom. The van der Waals surface area contributed by atoms with Gasteiger partial charge in [0.15, 0.2) is 6.10 Å². The number of nitrogens with zero attached hydrogens (tertiary/aromatic N) is 2. The van der Waals surface area contributed by atoms with Crippen LogP contribution in [0.4, 0.5) is 0 Å². The summed E-state index contributed by atoms with van der Waals surface area (Å²) in [7, 11) is 1.62. The fourth-order valence-electron chi connectivity index (χ4n) is 5.86. The monoisotopic (exact) mass is 382 g/mol. The summed E-state index contributed by atoms with van der Waals surface area (Å²) in [5, 5.41) is 8.21. The van der Waals surface area contributed by atoms with Gasteiger partial charge in [0.2, 0.25) is 5.89 Å². The molecule has 1 heterocycles. The summed E-state index contributed by atoms with van der Waals surface area (Å²) in [6, 6.07) is 7.41. The Morgan fingerprint density at radius 3 is 2.29 bits per heavy atom. The molecule has 0 saturated heterocycles. The van der Waals surface area contributed by atoms with E-state index in [1.54, 1.807) is 14.0 Å². The van der Waals surface area contributed by atoms with Gasteiger partial charge in [-0.3, -0.25) is 4.79 Å². The molecule has 4 aliphatic rings. The van der Waals surface area contributed by atoms with Crippen molar-refractivity contribution in [1.29, 1.82) is 0 Å². The number of methoxy groups -OCH3 is 1. The number of aromatic nitrogens is 2. The standard InChI is InChI=1S/C22H26N2O4/c1-12(20-23-24-21(28-20)15-3-5-18(26-2)6-4-15)27-22(25)19-16-8-13-7-14(10-16)11-17(19)9-13/h3-6,12-14,16-17,19H,7-11H2,1-2H3/t12-,13?,14?,16?,17?,19?/m1/s1. The molecule has 1 atom stereocenters. The highest BCUT2D eigenvalue weighted by atomic mass is 16.6. The van der Waals surface area contributed by atoms with Gasteiger partial charge in [-0.15, -0.1) is 10.2 Å². The second-order valence-corrected chi connectivity index (χ2v) is 8.71. The van der Waals surface area contributed by atoms with Crippen LogP contribution in [0.25, 0.3) is 11.5 Å². The van der Waals surface area contributed by atoms with Gasteiger partial charge in [-0.05, 0) is 87.0 Å². The predicted molar refractivity (Wildman–Crippen MR) is 101 cm³/mol. The lowest BCUT2D eigenvalue weighted by Gasteiger charge is -2.53. The first-order valence-electron chi connectivity index (χ1n) is 10.3. The first-order chi connectivity index (χ1) is 13.6. The van der Waals surface area contributed by atoms with Gasteiger partial charge in [-0.2, -0.15) is 0 Å².